The van der Waals surface area contributed by atoms with E-state index in [1.165, 1.54) is 17.2 Å². The molecular formula is C24H26F2N2. The predicted molar refractivity (Wildman–Crippen MR) is 108 cm³/mol. The number of fused-ring (bicyclic) bond motifs is 1. The van der Waals surface area contributed by atoms with Gasteiger partial charge in [-0.25, -0.2) is 8.78 Å². The van der Waals surface area contributed by atoms with Gasteiger partial charge in [-0.1, -0.05) is 44.2 Å². The smallest absolute Gasteiger partial charge is 0.131 e. The molecule has 2 aromatic carbocycles. The fourth-order valence-electron chi connectivity index (χ4n) is 4.13. The average molecular weight is 380 g/mol. The molecule has 0 N–H and O–H groups in total. The fourth-order valence-corrected chi connectivity index (χ4v) is 4.13. The minimum atomic E-state index is -0.541. The van der Waals surface area contributed by atoms with Gasteiger partial charge in [0.2, 0.25) is 0 Å². The van der Waals surface area contributed by atoms with E-state index in [9.17, 15) is 8.78 Å². The number of aromatic nitrogens is 1. The molecule has 28 heavy (non-hydrogen) atoms. The first-order chi connectivity index (χ1) is 13.5. The molecule has 1 aliphatic heterocycles. The van der Waals surface area contributed by atoms with Crippen LogP contribution in [0, 0.1) is 11.6 Å². The summed E-state index contributed by atoms with van der Waals surface area (Å²) in [6.45, 7) is 6.86. The Morgan fingerprint density at radius 3 is 2.50 bits per heavy atom. The van der Waals surface area contributed by atoms with E-state index < -0.39 is 11.6 Å². The first kappa shape index (κ1) is 18.9. The van der Waals surface area contributed by atoms with Gasteiger partial charge in [0.25, 0.3) is 0 Å². The third-order valence-electron chi connectivity index (χ3n) is 5.64. The van der Waals surface area contributed by atoms with Crippen molar-refractivity contribution in [3.63, 3.8) is 0 Å². The lowest BCUT2D eigenvalue weighted by Gasteiger charge is -2.31. The maximum absolute atomic E-state index is 14.7. The van der Waals surface area contributed by atoms with Crippen molar-refractivity contribution >= 4 is 0 Å². The van der Waals surface area contributed by atoms with Gasteiger partial charge in [0, 0.05) is 43.2 Å². The molecule has 1 aliphatic rings. The molecule has 1 aromatic heterocycles. The normalized spacial score (nSPS) is 17.5. The largest absolute Gasteiger partial charge is 0.350 e. The van der Waals surface area contributed by atoms with Gasteiger partial charge in [-0.2, -0.15) is 0 Å². The van der Waals surface area contributed by atoms with Crippen LogP contribution in [-0.4, -0.2) is 16.0 Å². The molecule has 3 aromatic rings. The first-order valence-electron chi connectivity index (χ1n) is 9.96. The summed E-state index contributed by atoms with van der Waals surface area (Å²) in [5.41, 5.74) is 4.11. The van der Waals surface area contributed by atoms with Crippen LogP contribution in [0.4, 0.5) is 8.78 Å². The van der Waals surface area contributed by atoms with Crippen LogP contribution in [0.15, 0.2) is 60.8 Å². The number of aryl methyl sites for hydroxylation is 1. The lowest BCUT2D eigenvalue weighted by molar-refractivity contribution is 0.216. The van der Waals surface area contributed by atoms with Gasteiger partial charge in [-0.05, 0) is 41.7 Å². The van der Waals surface area contributed by atoms with E-state index in [2.05, 4.69) is 47.6 Å². The maximum atomic E-state index is 14.7. The average Bonchev–Trinajstić information content (AvgIpc) is 3.05. The standard InChI is InChI=1S/C24H26F2N2/c1-17(2)19-8-6-18(7-9-19)16-28-14-4-13-27-12-3-5-23(27)24(28)21-11-10-20(25)15-22(21)26/h3,5-12,15,17,24H,4,13-14,16H2,1-2H3/t24-/m1/s1. The second-order valence-corrected chi connectivity index (χ2v) is 7.92. The van der Waals surface area contributed by atoms with Gasteiger partial charge in [0.15, 0.2) is 0 Å². The summed E-state index contributed by atoms with van der Waals surface area (Å²) in [4.78, 5) is 2.31. The van der Waals surface area contributed by atoms with Crippen molar-refractivity contribution < 1.29 is 8.78 Å². The van der Waals surface area contributed by atoms with Crippen molar-refractivity contribution in [1.29, 1.82) is 0 Å². The Kier molecular flexibility index (Phi) is 5.31. The van der Waals surface area contributed by atoms with Crippen LogP contribution in [0.5, 0.6) is 0 Å². The molecule has 0 aliphatic carbocycles. The minimum absolute atomic E-state index is 0.233. The van der Waals surface area contributed by atoms with E-state index in [4.69, 9.17) is 0 Å². The summed E-state index contributed by atoms with van der Waals surface area (Å²) in [6, 6.07) is 16.4. The van der Waals surface area contributed by atoms with E-state index in [1.54, 1.807) is 6.07 Å². The lowest BCUT2D eigenvalue weighted by Crippen LogP contribution is -2.30. The van der Waals surface area contributed by atoms with E-state index in [0.29, 0.717) is 11.5 Å². The van der Waals surface area contributed by atoms with Crippen LogP contribution in [0.25, 0.3) is 0 Å². The van der Waals surface area contributed by atoms with Crippen molar-refractivity contribution in [1.82, 2.24) is 9.47 Å². The number of hydrogen-bond donors (Lipinski definition) is 0. The zero-order valence-corrected chi connectivity index (χ0v) is 16.4. The van der Waals surface area contributed by atoms with Gasteiger partial charge in [0.05, 0.1) is 6.04 Å². The van der Waals surface area contributed by atoms with E-state index in [-0.39, 0.29) is 6.04 Å². The summed E-state index contributed by atoms with van der Waals surface area (Å²) >= 11 is 0. The molecule has 0 bridgehead atoms. The Hall–Kier alpha value is -2.46. The van der Waals surface area contributed by atoms with E-state index in [1.807, 2.05) is 18.3 Å². The number of benzene rings is 2. The topological polar surface area (TPSA) is 8.17 Å². The van der Waals surface area contributed by atoms with Crippen LogP contribution in [0.3, 0.4) is 0 Å². The first-order valence-corrected chi connectivity index (χ1v) is 9.96. The third kappa shape index (κ3) is 3.74. The minimum Gasteiger partial charge on any atom is -0.350 e. The van der Waals surface area contributed by atoms with Crippen LogP contribution >= 0.6 is 0 Å². The van der Waals surface area contributed by atoms with Gasteiger partial charge >= 0.3 is 0 Å². The van der Waals surface area contributed by atoms with Gasteiger partial charge in [0.1, 0.15) is 11.6 Å². The number of hydrogen-bond acceptors (Lipinski definition) is 1. The highest BCUT2D eigenvalue weighted by atomic mass is 19.1. The second kappa shape index (κ2) is 7.88. The Balaban J connectivity index is 1.71. The molecular weight excluding hydrogens is 354 g/mol. The van der Waals surface area contributed by atoms with E-state index >= 15 is 0 Å². The highest BCUT2D eigenvalue weighted by molar-refractivity contribution is 5.32. The molecule has 146 valence electrons. The van der Waals surface area contributed by atoms with Crippen molar-refractivity contribution in [2.75, 3.05) is 6.54 Å². The zero-order valence-electron chi connectivity index (χ0n) is 16.4. The second-order valence-electron chi connectivity index (χ2n) is 7.92. The van der Waals surface area contributed by atoms with Crippen molar-refractivity contribution in [2.24, 2.45) is 0 Å². The molecule has 0 fully saturated rings. The van der Waals surface area contributed by atoms with Crippen LogP contribution < -0.4 is 0 Å². The SMILES string of the molecule is CC(C)c1ccc(CN2CCCn3cccc3[C@H]2c2ccc(F)cc2F)cc1. The Morgan fingerprint density at radius 1 is 1.00 bits per heavy atom. The van der Waals surface area contributed by atoms with Crippen LogP contribution in [0.2, 0.25) is 0 Å². The summed E-state index contributed by atoms with van der Waals surface area (Å²) in [7, 11) is 0. The molecule has 0 spiro atoms. The van der Waals surface area contributed by atoms with Crippen molar-refractivity contribution in [3.8, 4) is 0 Å². The third-order valence-corrected chi connectivity index (χ3v) is 5.64. The predicted octanol–water partition coefficient (Wildman–Crippen LogP) is 5.89. The number of nitrogens with zero attached hydrogens (tertiary/aromatic N) is 2. The highest BCUT2D eigenvalue weighted by Gasteiger charge is 2.29. The molecule has 1 atom stereocenters. The zero-order chi connectivity index (χ0) is 19.7. The van der Waals surface area contributed by atoms with Gasteiger partial charge < -0.3 is 4.57 Å². The summed E-state index contributed by atoms with van der Waals surface area (Å²) in [5.74, 6) is -0.530. The molecule has 0 amide bonds. The number of halogens is 2. The summed E-state index contributed by atoms with van der Waals surface area (Å²) < 4.78 is 30.5. The fraction of sp³-hybridized carbons (Fsp3) is 0.333. The summed E-state index contributed by atoms with van der Waals surface area (Å²) in [5, 5.41) is 0. The van der Waals surface area contributed by atoms with E-state index in [0.717, 1.165) is 37.8 Å². The number of rotatable bonds is 4. The quantitative estimate of drug-likeness (QED) is 0.548. The molecule has 0 saturated heterocycles. The van der Waals surface area contributed by atoms with Crippen LogP contribution in [-0.2, 0) is 13.1 Å². The molecule has 0 saturated carbocycles. The maximum Gasteiger partial charge on any atom is 0.131 e. The molecule has 2 nitrogen and oxygen atoms in total. The molecule has 0 radical (unpaired) electrons. The monoisotopic (exact) mass is 380 g/mol. The van der Waals surface area contributed by atoms with Gasteiger partial charge in [-0.3, -0.25) is 4.90 Å². The van der Waals surface area contributed by atoms with Gasteiger partial charge in [-0.15, -0.1) is 0 Å². The molecule has 0 unspecified atom stereocenters. The highest BCUT2D eigenvalue weighted by Crippen LogP contribution is 2.34. The molecule has 2 heterocycles. The summed E-state index contributed by atoms with van der Waals surface area (Å²) in [6.07, 6.45) is 3.04. The lowest BCUT2D eigenvalue weighted by atomic mass is 9.99. The van der Waals surface area contributed by atoms with Crippen molar-refractivity contribution in [2.45, 2.75) is 45.3 Å². The van der Waals surface area contributed by atoms with Crippen molar-refractivity contribution in [3.05, 3.63) is 94.8 Å². The Labute approximate surface area is 165 Å². The Morgan fingerprint density at radius 2 is 1.79 bits per heavy atom. The van der Waals surface area contributed by atoms with Crippen LogP contribution in [0.1, 0.15) is 54.6 Å². The Bertz CT molecular complexity index is 943. The molecule has 4 heteroatoms. The molecule has 4 rings (SSSR count).